The molecule has 1 saturated heterocycles. The van der Waals surface area contributed by atoms with Crippen LogP contribution in [0.2, 0.25) is 0 Å². The number of amides is 1. The van der Waals surface area contributed by atoms with Gasteiger partial charge in [0.2, 0.25) is 0 Å². The van der Waals surface area contributed by atoms with E-state index < -0.39 is 0 Å². The van der Waals surface area contributed by atoms with E-state index >= 15 is 0 Å². The molecule has 0 atom stereocenters. The van der Waals surface area contributed by atoms with Crippen LogP contribution in [0.4, 0.5) is 5.69 Å². The van der Waals surface area contributed by atoms with Crippen molar-refractivity contribution in [3.63, 3.8) is 0 Å². The first kappa shape index (κ1) is 16.5. The Labute approximate surface area is 143 Å². The Kier molecular flexibility index (Phi) is 5.49. The molecule has 0 saturated carbocycles. The van der Waals surface area contributed by atoms with Crippen molar-refractivity contribution in [3.05, 3.63) is 65.7 Å². The van der Waals surface area contributed by atoms with E-state index in [4.69, 9.17) is 10.5 Å². The number of likely N-dealkylation sites (tertiary alicyclic amines) is 1. The smallest absolute Gasteiger partial charge is 0.255 e. The summed E-state index contributed by atoms with van der Waals surface area (Å²) in [7, 11) is 0. The van der Waals surface area contributed by atoms with Gasteiger partial charge in [0.15, 0.2) is 0 Å². The number of hydrogen-bond acceptors (Lipinski definition) is 3. The summed E-state index contributed by atoms with van der Waals surface area (Å²) < 4.78 is 5.98. The number of ether oxygens (including phenoxy) is 1. The summed E-state index contributed by atoms with van der Waals surface area (Å²) >= 11 is 0. The maximum absolute atomic E-state index is 12.5. The molecule has 1 amide bonds. The van der Waals surface area contributed by atoms with E-state index in [0.29, 0.717) is 11.3 Å². The summed E-state index contributed by atoms with van der Waals surface area (Å²) in [6.45, 7) is 2.18. The molecule has 0 aliphatic carbocycles. The summed E-state index contributed by atoms with van der Waals surface area (Å²) in [4.78, 5) is 14.4. The third-order valence-corrected chi connectivity index (χ3v) is 4.51. The summed E-state index contributed by atoms with van der Waals surface area (Å²) in [5.74, 6) is 0.0239. The van der Waals surface area contributed by atoms with Crippen molar-refractivity contribution in [2.24, 2.45) is 0 Å². The molecule has 2 aromatic rings. The molecule has 1 aliphatic rings. The number of rotatable bonds is 5. The lowest BCUT2D eigenvalue weighted by atomic mass is 10.1. The Morgan fingerprint density at radius 2 is 1.71 bits per heavy atom. The number of nitrogens with two attached hydrogens (primary N) is 1. The molecule has 1 aliphatic heterocycles. The van der Waals surface area contributed by atoms with E-state index in [9.17, 15) is 4.79 Å². The molecule has 1 fully saturated rings. The van der Waals surface area contributed by atoms with Gasteiger partial charge in [-0.2, -0.15) is 0 Å². The number of hydrogen-bond donors (Lipinski definition) is 1. The quantitative estimate of drug-likeness (QED) is 0.860. The molecule has 0 unspecified atom stereocenters. The van der Waals surface area contributed by atoms with E-state index in [2.05, 4.69) is 24.3 Å². The van der Waals surface area contributed by atoms with Gasteiger partial charge in [-0.15, -0.1) is 0 Å². The second-order valence-electron chi connectivity index (χ2n) is 6.19. The number of nitrogens with zero attached hydrogens (tertiary/aromatic N) is 1. The Balaban J connectivity index is 1.44. The van der Waals surface area contributed by atoms with Crippen LogP contribution in [-0.2, 0) is 11.2 Å². The predicted molar refractivity (Wildman–Crippen MR) is 95.9 cm³/mol. The van der Waals surface area contributed by atoms with Crippen LogP contribution in [0.1, 0.15) is 28.8 Å². The highest BCUT2D eigenvalue weighted by Gasteiger charge is 2.24. The fourth-order valence-electron chi connectivity index (χ4n) is 3.08. The first-order chi connectivity index (χ1) is 11.7. The van der Waals surface area contributed by atoms with Crippen molar-refractivity contribution < 1.29 is 9.53 Å². The zero-order chi connectivity index (χ0) is 16.8. The lowest BCUT2D eigenvalue weighted by Gasteiger charge is -2.32. The van der Waals surface area contributed by atoms with Crippen molar-refractivity contribution in [1.82, 2.24) is 4.90 Å². The highest BCUT2D eigenvalue weighted by Crippen LogP contribution is 2.19. The molecule has 0 spiro atoms. The molecule has 126 valence electrons. The van der Waals surface area contributed by atoms with E-state index in [1.807, 2.05) is 23.1 Å². The molecule has 0 radical (unpaired) electrons. The topological polar surface area (TPSA) is 55.6 Å². The van der Waals surface area contributed by atoms with Gasteiger partial charge >= 0.3 is 0 Å². The minimum atomic E-state index is 0.0239. The number of benzene rings is 2. The largest absolute Gasteiger partial charge is 0.398 e. The van der Waals surface area contributed by atoms with Crippen molar-refractivity contribution in [1.29, 1.82) is 0 Å². The molecule has 24 heavy (non-hydrogen) atoms. The van der Waals surface area contributed by atoms with Gasteiger partial charge in [-0.1, -0.05) is 42.5 Å². The summed E-state index contributed by atoms with van der Waals surface area (Å²) in [6, 6.07) is 17.6. The first-order valence-electron chi connectivity index (χ1n) is 8.53. The van der Waals surface area contributed by atoms with Crippen LogP contribution in [-0.4, -0.2) is 36.6 Å². The maximum Gasteiger partial charge on any atom is 0.255 e. The zero-order valence-electron chi connectivity index (χ0n) is 13.9. The number of piperidine rings is 1. The van der Waals surface area contributed by atoms with Crippen LogP contribution in [0.5, 0.6) is 0 Å². The van der Waals surface area contributed by atoms with E-state index in [-0.39, 0.29) is 12.0 Å². The molecule has 2 aromatic carbocycles. The second-order valence-corrected chi connectivity index (χ2v) is 6.19. The van der Waals surface area contributed by atoms with Crippen molar-refractivity contribution >= 4 is 11.6 Å². The van der Waals surface area contributed by atoms with Crippen LogP contribution in [0.25, 0.3) is 0 Å². The fourth-order valence-corrected chi connectivity index (χ4v) is 3.08. The van der Waals surface area contributed by atoms with Crippen molar-refractivity contribution in [2.45, 2.75) is 25.4 Å². The number of anilines is 1. The van der Waals surface area contributed by atoms with Gasteiger partial charge in [-0.3, -0.25) is 4.79 Å². The lowest BCUT2D eigenvalue weighted by Crippen LogP contribution is -2.41. The van der Waals surface area contributed by atoms with Crippen LogP contribution in [0, 0.1) is 0 Å². The summed E-state index contributed by atoms with van der Waals surface area (Å²) in [5, 5.41) is 0. The minimum absolute atomic E-state index is 0.0239. The van der Waals surface area contributed by atoms with E-state index in [1.54, 1.807) is 12.1 Å². The van der Waals surface area contributed by atoms with Gasteiger partial charge in [-0.25, -0.2) is 0 Å². The van der Waals surface area contributed by atoms with Crippen LogP contribution in [0.15, 0.2) is 54.6 Å². The molecule has 3 rings (SSSR count). The minimum Gasteiger partial charge on any atom is -0.398 e. The Bertz CT molecular complexity index is 664. The second kappa shape index (κ2) is 7.97. The number of carbonyl (C=O) groups is 1. The monoisotopic (exact) mass is 324 g/mol. The fraction of sp³-hybridized carbons (Fsp3) is 0.350. The Morgan fingerprint density at radius 3 is 2.42 bits per heavy atom. The molecule has 4 nitrogen and oxygen atoms in total. The highest BCUT2D eigenvalue weighted by atomic mass is 16.5. The SMILES string of the molecule is Nc1ccccc1C(=O)N1CCC(OCCc2ccccc2)CC1. The Morgan fingerprint density at radius 1 is 1.04 bits per heavy atom. The molecular weight excluding hydrogens is 300 g/mol. The molecular formula is C20H24N2O2. The highest BCUT2D eigenvalue weighted by molar-refractivity contribution is 5.99. The van der Waals surface area contributed by atoms with Gasteiger partial charge in [0.25, 0.3) is 5.91 Å². The van der Waals surface area contributed by atoms with Crippen LogP contribution in [0.3, 0.4) is 0 Å². The third-order valence-electron chi connectivity index (χ3n) is 4.51. The van der Waals surface area contributed by atoms with Crippen molar-refractivity contribution in [2.75, 3.05) is 25.4 Å². The van der Waals surface area contributed by atoms with Gasteiger partial charge in [0, 0.05) is 18.8 Å². The van der Waals surface area contributed by atoms with E-state index in [1.165, 1.54) is 5.56 Å². The Hall–Kier alpha value is -2.33. The number of para-hydroxylation sites is 1. The van der Waals surface area contributed by atoms with Crippen molar-refractivity contribution in [3.8, 4) is 0 Å². The predicted octanol–water partition coefficient (Wildman–Crippen LogP) is 3.13. The zero-order valence-corrected chi connectivity index (χ0v) is 13.9. The molecule has 4 heteroatoms. The van der Waals surface area contributed by atoms with Gasteiger partial charge in [-0.05, 0) is 37.0 Å². The van der Waals surface area contributed by atoms with Gasteiger partial charge in [0.1, 0.15) is 0 Å². The standard InChI is InChI=1S/C20H24N2O2/c21-19-9-5-4-8-18(19)20(23)22-13-10-17(11-14-22)24-15-12-16-6-2-1-3-7-16/h1-9,17H,10-15,21H2. The van der Waals surface area contributed by atoms with E-state index in [0.717, 1.165) is 39.0 Å². The summed E-state index contributed by atoms with van der Waals surface area (Å²) in [6.07, 6.45) is 2.94. The average molecular weight is 324 g/mol. The number of carbonyl (C=O) groups excluding carboxylic acids is 1. The van der Waals surface area contributed by atoms with Crippen LogP contribution >= 0.6 is 0 Å². The lowest BCUT2D eigenvalue weighted by molar-refractivity contribution is 0.0101. The number of nitrogen functional groups attached to an aromatic ring is 1. The van der Waals surface area contributed by atoms with Gasteiger partial charge < -0.3 is 15.4 Å². The molecule has 0 bridgehead atoms. The third kappa shape index (κ3) is 4.15. The normalized spacial score (nSPS) is 15.4. The molecule has 2 N–H and O–H groups in total. The molecule has 0 aromatic heterocycles. The average Bonchev–Trinajstić information content (AvgIpc) is 2.63. The summed E-state index contributed by atoms with van der Waals surface area (Å²) in [5.41, 5.74) is 8.34. The van der Waals surface area contributed by atoms with Crippen LogP contribution < -0.4 is 5.73 Å². The molecule has 1 heterocycles. The van der Waals surface area contributed by atoms with Gasteiger partial charge in [0.05, 0.1) is 18.3 Å². The first-order valence-corrected chi connectivity index (χ1v) is 8.53. The maximum atomic E-state index is 12.5.